The van der Waals surface area contributed by atoms with Gasteiger partial charge >= 0.3 is 0 Å². The van der Waals surface area contributed by atoms with Crippen LogP contribution in [0.25, 0.3) is 16.6 Å². The third kappa shape index (κ3) is 5.77. The molecule has 1 aliphatic rings. The number of aliphatic hydroxyl groups is 1. The van der Waals surface area contributed by atoms with Gasteiger partial charge in [0.05, 0.1) is 29.1 Å². The molecule has 5 rings (SSSR count). The predicted molar refractivity (Wildman–Crippen MR) is 153 cm³/mol. The number of carbonyl (C=O) groups is 1. The zero-order valence-electron chi connectivity index (χ0n) is 23.2. The van der Waals surface area contributed by atoms with E-state index in [1.165, 1.54) is 6.20 Å². The molecule has 1 aliphatic heterocycles. The van der Waals surface area contributed by atoms with E-state index < -0.39 is 5.60 Å². The van der Waals surface area contributed by atoms with Crippen molar-refractivity contribution in [2.24, 2.45) is 11.8 Å². The molecule has 4 aromatic rings. The summed E-state index contributed by atoms with van der Waals surface area (Å²) in [6.07, 6.45) is 5.04. The number of rotatable bonds is 7. The van der Waals surface area contributed by atoms with Crippen LogP contribution >= 0.6 is 0 Å². The normalized spacial score (nSPS) is 19.3. The Hall–Kier alpha value is -4.42. The van der Waals surface area contributed by atoms with Crippen molar-refractivity contribution >= 4 is 17.2 Å². The van der Waals surface area contributed by atoms with Gasteiger partial charge in [0.25, 0.3) is 5.91 Å². The number of carbonyl (C=O) groups excluding carboxylic acids is 1. The van der Waals surface area contributed by atoms with Crippen LogP contribution in [0.3, 0.4) is 0 Å². The van der Waals surface area contributed by atoms with E-state index in [1.807, 2.05) is 48.5 Å². The number of pyridine rings is 2. The Morgan fingerprint density at radius 3 is 2.50 bits per heavy atom. The molecule has 0 saturated carbocycles. The fourth-order valence-electron chi connectivity index (χ4n) is 5.32. The first-order valence-electron chi connectivity index (χ1n) is 13.5. The molecular weight excluding hydrogens is 504 g/mol. The molecule has 0 spiro atoms. The molecule has 9 nitrogen and oxygen atoms in total. The van der Waals surface area contributed by atoms with E-state index in [-0.39, 0.29) is 30.4 Å². The number of anilines is 1. The van der Waals surface area contributed by atoms with Crippen LogP contribution in [0.15, 0.2) is 67.1 Å². The summed E-state index contributed by atoms with van der Waals surface area (Å²) in [5, 5.41) is 27.3. The van der Waals surface area contributed by atoms with Gasteiger partial charge < -0.3 is 20.1 Å². The van der Waals surface area contributed by atoms with Crippen molar-refractivity contribution in [1.82, 2.24) is 19.9 Å². The molecule has 1 amide bonds. The number of fused-ring (bicyclic) bond motifs is 1. The number of piperidine rings is 1. The molecule has 9 heteroatoms. The van der Waals surface area contributed by atoms with Gasteiger partial charge in [0.2, 0.25) is 0 Å². The second-order valence-electron chi connectivity index (χ2n) is 11.3. The van der Waals surface area contributed by atoms with Crippen LogP contribution < -0.4 is 15.0 Å². The standard InChI is InChI=1S/C31H34N6O3/c1-20-16-36(17-21(2)28(20)35-30(38)22-8-6-5-7-9-22)27-11-10-23(14-33-27)26-12-25(40-19-31(3,4)39)18-37-29(26)24(13-32)15-34-37/h5-12,14-15,18,20-21,28,39H,16-17,19H2,1-4H3,(H,35,38)/t20-,21+,28?. The van der Waals surface area contributed by atoms with Gasteiger partial charge in [-0.3, -0.25) is 4.79 Å². The molecule has 4 heterocycles. The summed E-state index contributed by atoms with van der Waals surface area (Å²) in [6, 6.07) is 17.4. The fourth-order valence-corrected chi connectivity index (χ4v) is 5.32. The molecule has 3 aromatic heterocycles. The number of ether oxygens (including phenoxy) is 1. The topological polar surface area (TPSA) is 116 Å². The lowest BCUT2D eigenvalue weighted by Crippen LogP contribution is -2.55. The van der Waals surface area contributed by atoms with Crippen molar-refractivity contribution in [3.8, 4) is 22.9 Å². The number of nitrogens with zero attached hydrogens (tertiary/aromatic N) is 5. The lowest BCUT2D eigenvalue weighted by molar-refractivity contribution is 0.0283. The molecule has 1 saturated heterocycles. The molecular formula is C31H34N6O3. The molecule has 0 radical (unpaired) electrons. The second kappa shape index (κ2) is 11.0. The fraction of sp³-hybridized carbons (Fsp3) is 0.355. The predicted octanol–water partition coefficient (Wildman–Crippen LogP) is 4.31. The zero-order valence-corrected chi connectivity index (χ0v) is 23.2. The Morgan fingerprint density at radius 2 is 1.88 bits per heavy atom. The molecule has 1 unspecified atom stereocenters. The molecule has 0 bridgehead atoms. The minimum absolute atomic E-state index is 0.0445. The third-order valence-corrected chi connectivity index (χ3v) is 7.26. The maximum atomic E-state index is 12.8. The van der Waals surface area contributed by atoms with Crippen molar-refractivity contribution in [2.45, 2.75) is 39.3 Å². The van der Waals surface area contributed by atoms with Crippen LogP contribution in [0.2, 0.25) is 0 Å². The maximum absolute atomic E-state index is 12.8. The number of nitriles is 1. The van der Waals surface area contributed by atoms with Crippen molar-refractivity contribution in [2.75, 3.05) is 24.6 Å². The molecule has 40 heavy (non-hydrogen) atoms. The summed E-state index contributed by atoms with van der Waals surface area (Å²) in [5.74, 6) is 1.80. The highest BCUT2D eigenvalue weighted by molar-refractivity contribution is 5.94. The number of amides is 1. The van der Waals surface area contributed by atoms with Crippen LogP contribution in [0.1, 0.15) is 43.6 Å². The van der Waals surface area contributed by atoms with Gasteiger partial charge in [0.1, 0.15) is 24.2 Å². The number of nitrogens with one attached hydrogen (secondary N) is 1. The second-order valence-corrected chi connectivity index (χ2v) is 11.3. The van der Waals surface area contributed by atoms with Crippen LogP contribution in [0.4, 0.5) is 5.82 Å². The largest absolute Gasteiger partial charge is 0.489 e. The Kier molecular flexibility index (Phi) is 7.46. The van der Waals surface area contributed by atoms with Crippen LogP contribution in [-0.2, 0) is 0 Å². The summed E-state index contributed by atoms with van der Waals surface area (Å²) in [5.41, 5.74) is 2.39. The summed E-state index contributed by atoms with van der Waals surface area (Å²) in [4.78, 5) is 19.8. The first-order valence-corrected chi connectivity index (χ1v) is 13.5. The molecule has 0 aliphatic carbocycles. The highest BCUT2D eigenvalue weighted by atomic mass is 16.5. The van der Waals surface area contributed by atoms with Gasteiger partial charge in [0.15, 0.2) is 0 Å². The van der Waals surface area contributed by atoms with Gasteiger partial charge in [-0.2, -0.15) is 10.4 Å². The van der Waals surface area contributed by atoms with E-state index in [9.17, 15) is 15.2 Å². The molecule has 1 aromatic carbocycles. The molecule has 206 valence electrons. The van der Waals surface area contributed by atoms with Gasteiger partial charge in [-0.25, -0.2) is 9.50 Å². The van der Waals surface area contributed by atoms with Gasteiger partial charge in [-0.15, -0.1) is 0 Å². The molecule has 3 atom stereocenters. The van der Waals surface area contributed by atoms with E-state index in [4.69, 9.17) is 9.72 Å². The summed E-state index contributed by atoms with van der Waals surface area (Å²) < 4.78 is 7.46. The minimum Gasteiger partial charge on any atom is -0.489 e. The van der Waals surface area contributed by atoms with Gasteiger partial charge in [-0.1, -0.05) is 32.0 Å². The van der Waals surface area contributed by atoms with E-state index in [0.29, 0.717) is 22.4 Å². The lowest BCUT2D eigenvalue weighted by atomic mass is 9.85. The van der Waals surface area contributed by atoms with Crippen molar-refractivity contribution < 1.29 is 14.6 Å². The average Bonchev–Trinajstić information content (AvgIpc) is 3.36. The van der Waals surface area contributed by atoms with E-state index >= 15 is 0 Å². The number of aromatic nitrogens is 3. The van der Waals surface area contributed by atoms with Crippen molar-refractivity contribution in [1.29, 1.82) is 5.26 Å². The van der Waals surface area contributed by atoms with E-state index in [2.05, 4.69) is 35.2 Å². The zero-order chi connectivity index (χ0) is 28.4. The van der Waals surface area contributed by atoms with E-state index in [1.54, 1.807) is 30.8 Å². The lowest BCUT2D eigenvalue weighted by Gasteiger charge is -2.42. The highest BCUT2D eigenvalue weighted by Gasteiger charge is 2.33. The van der Waals surface area contributed by atoms with E-state index in [0.717, 1.165) is 30.0 Å². The monoisotopic (exact) mass is 538 g/mol. The molecule has 2 N–H and O–H groups in total. The number of hydrogen-bond acceptors (Lipinski definition) is 7. The smallest absolute Gasteiger partial charge is 0.251 e. The Balaban J connectivity index is 1.35. The summed E-state index contributed by atoms with van der Waals surface area (Å²) >= 11 is 0. The van der Waals surface area contributed by atoms with Crippen molar-refractivity contribution in [3.63, 3.8) is 0 Å². The SMILES string of the molecule is C[C@@H]1CN(c2ccc(-c3cc(OCC(C)(C)O)cn4ncc(C#N)c34)cn2)C[C@H](C)C1NC(=O)c1ccccc1. The average molecular weight is 539 g/mol. The molecule has 1 fully saturated rings. The summed E-state index contributed by atoms with van der Waals surface area (Å²) in [7, 11) is 0. The first-order chi connectivity index (χ1) is 19.1. The number of benzene rings is 1. The van der Waals surface area contributed by atoms with Gasteiger partial charge in [-0.05, 0) is 56.0 Å². The quantitative estimate of drug-likeness (QED) is 0.360. The highest BCUT2D eigenvalue weighted by Crippen LogP contribution is 2.33. The van der Waals surface area contributed by atoms with Crippen LogP contribution in [-0.4, -0.2) is 57.0 Å². The first kappa shape index (κ1) is 27.2. The van der Waals surface area contributed by atoms with Gasteiger partial charge in [0, 0.05) is 42.0 Å². The third-order valence-electron chi connectivity index (χ3n) is 7.26. The minimum atomic E-state index is -0.994. The Bertz CT molecular complexity index is 1520. The van der Waals surface area contributed by atoms with Crippen LogP contribution in [0.5, 0.6) is 5.75 Å². The van der Waals surface area contributed by atoms with Crippen LogP contribution in [0, 0.1) is 23.2 Å². The maximum Gasteiger partial charge on any atom is 0.251 e. The van der Waals surface area contributed by atoms with Crippen molar-refractivity contribution in [3.05, 3.63) is 78.2 Å². The Morgan fingerprint density at radius 1 is 1.15 bits per heavy atom. The Labute approximate surface area is 234 Å². The number of hydrogen-bond donors (Lipinski definition) is 2. The summed E-state index contributed by atoms with van der Waals surface area (Å²) in [6.45, 7) is 9.32.